The highest BCUT2D eigenvalue weighted by molar-refractivity contribution is 5.79. The summed E-state index contributed by atoms with van der Waals surface area (Å²) in [6, 6.07) is 0. The molecule has 1 unspecified atom stereocenters. The SMILES string of the molecule is CCNC(=NCC(C)c1c(C)noc1C)NCCC(F)(F)F. The van der Waals surface area contributed by atoms with Gasteiger partial charge in [-0.25, -0.2) is 0 Å². The molecular weight excluding hydrogens is 297 g/mol. The predicted molar refractivity (Wildman–Crippen MR) is 79.0 cm³/mol. The Labute approximate surface area is 128 Å². The lowest BCUT2D eigenvalue weighted by atomic mass is 10.00. The molecule has 0 aliphatic rings. The second kappa shape index (κ2) is 8.05. The molecule has 22 heavy (non-hydrogen) atoms. The van der Waals surface area contributed by atoms with Gasteiger partial charge in [0.05, 0.1) is 12.1 Å². The van der Waals surface area contributed by atoms with Gasteiger partial charge in [0, 0.05) is 31.1 Å². The fourth-order valence-electron chi connectivity index (χ4n) is 2.18. The van der Waals surface area contributed by atoms with Crippen LogP contribution in [0.1, 0.15) is 43.2 Å². The zero-order valence-electron chi connectivity index (χ0n) is 13.3. The smallest absolute Gasteiger partial charge is 0.361 e. The van der Waals surface area contributed by atoms with Gasteiger partial charge in [-0.3, -0.25) is 4.99 Å². The molecule has 2 N–H and O–H groups in total. The summed E-state index contributed by atoms with van der Waals surface area (Å²) in [4.78, 5) is 4.33. The van der Waals surface area contributed by atoms with Crippen LogP contribution in [0.5, 0.6) is 0 Å². The summed E-state index contributed by atoms with van der Waals surface area (Å²) in [5.41, 5.74) is 1.81. The number of guanidine groups is 1. The van der Waals surface area contributed by atoms with Gasteiger partial charge < -0.3 is 15.2 Å². The number of aryl methyl sites for hydroxylation is 2. The van der Waals surface area contributed by atoms with Crippen LogP contribution in [-0.2, 0) is 0 Å². The number of nitrogens with zero attached hydrogens (tertiary/aromatic N) is 2. The molecule has 0 aliphatic carbocycles. The molecule has 0 aromatic carbocycles. The molecule has 8 heteroatoms. The molecule has 5 nitrogen and oxygen atoms in total. The molecule has 0 saturated heterocycles. The Balaban J connectivity index is 2.61. The maximum absolute atomic E-state index is 12.2. The first-order valence-corrected chi connectivity index (χ1v) is 7.26. The fraction of sp³-hybridized carbons (Fsp3) is 0.714. The van der Waals surface area contributed by atoms with E-state index in [0.717, 1.165) is 17.0 Å². The van der Waals surface area contributed by atoms with Crippen molar-refractivity contribution < 1.29 is 17.7 Å². The molecule has 0 bridgehead atoms. The van der Waals surface area contributed by atoms with Gasteiger partial charge in [-0.1, -0.05) is 12.1 Å². The van der Waals surface area contributed by atoms with Gasteiger partial charge in [-0.15, -0.1) is 0 Å². The lowest BCUT2D eigenvalue weighted by Gasteiger charge is -2.14. The number of hydrogen-bond acceptors (Lipinski definition) is 3. The van der Waals surface area contributed by atoms with Crippen molar-refractivity contribution in [3.05, 3.63) is 17.0 Å². The molecule has 1 heterocycles. The standard InChI is InChI=1S/C14H23F3N4O/c1-5-18-13(19-7-6-14(15,16)17)20-8-9(2)12-10(3)21-22-11(12)4/h9H,5-8H2,1-4H3,(H2,18,19,20). The fourth-order valence-corrected chi connectivity index (χ4v) is 2.18. The second-order valence-corrected chi connectivity index (χ2v) is 5.15. The van der Waals surface area contributed by atoms with Crippen molar-refractivity contribution in [2.24, 2.45) is 4.99 Å². The Bertz CT molecular complexity index is 477. The van der Waals surface area contributed by atoms with Crippen molar-refractivity contribution in [1.82, 2.24) is 15.8 Å². The van der Waals surface area contributed by atoms with E-state index in [0.29, 0.717) is 19.0 Å². The lowest BCUT2D eigenvalue weighted by molar-refractivity contribution is -0.132. The number of nitrogens with one attached hydrogen (secondary N) is 2. The molecule has 126 valence electrons. The third kappa shape index (κ3) is 5.95. The van der Waals surface area contributed by atoms with Gasteiger partial charge in [0.2, 0.25) is 0 Å². The zero-order valence-corrected chi connectivity index (χ0v) is 13.3. The van der Waals surface area contributed by atoms with E-state index in [9.17, 15) is 13.2 Å². The van der Waals surface area contributed by atoms with E-state index in [1.807, 2.05) is 27.7 Å². The van der Waals surface area contributed by atoms with E-state index in [-0.39, 0.29) is 12.5 Å². The average Bonchev–Trinajstić information content (AvgIpc) is 2.74. The number of aromatic nitrogens is 1. The first kappa shape index (κ1) is 18.3. The summed E-state index contributed by atoms with van der Waals surface area (Å²) < 4.78 is 41.6. The molecule has 0 fully saturated rings. The van der Waals surface area contributed by atoms with E-state index >= 15 is 0 Å². The summed E-state index contributed by atoms with van der Waals surface area (Å²) in [6.45, 7) is 8.35. The van der Waals surface area contributed by atoms with E-state index in [1.54, 1.807) is 0 Å². The molecule has 0 aliphatic heterocycles. The van der Waals surface area contributed by atoms with E-state index in [2.05, 4.69) is 20.8 Å². The van der Waals surface area contributed by atoms with Crippen molar-refractivity contribution >= 4 is 5.96 Å². The Morgan fingerprint density at radius 3 is 2.50 bits per heavy atom. The predicted octanol–water partition coefficient (Wildman–Crippen LogP) is 2.90. The summed E-state index contributed by atoms with van der Waals surface area (Å²) in [5.74, 6) is 1.20. The first-order chi connectivity index (χ1) is 10.2. The van der Waals surface area contributed by atoms with Gasteiger partial charge in [-0.05, 0) is 20.8 Å². The topological polar surface area (TPSA) is 62.5 Å². The molecule has 1 rings (SSSR count). The van der Waals surface area contributed by atoms with Crippen LogP contribution in [-0.4, -0.2) is 36.9 Å². The van der Waals surface area contributed by atoms with Crippen LogP contribution >= 0.6 is 0 Å². The van der Waals surface area contributed by atoms with Crippen LogP contribution in [0.2, 0.25) is 0 Å². The van der Waals surface area contributed by atoms with Crippen LogP contribution in [0.15, 0.2) is 9.52 Å². The molecule has 0 radical (unpaired) electrons. The molecule has 0 spiro atoms. The third-order valence-electron chi connectivity index (χ3n) is 3.15. The average molecular weight is 320 g/mol. The second-order valence-electron chi connectivity index (χ2n) is 5.15. The maximum Gasteiger partial charge on any atom is 0.390 e. The summed E-state index contributed by atoms with van der Waals surface area (Å²) in [5, 5.41) is 9.52. The molecular formula is C14H23F3N4O. The molecule has 0 saturated carbocycles. The highest BCUT2D eigenvalue weighted by Gasteiger charge is 2.26. The van der Waals surface area contributed by atoms with E-state index in [1.165, 1.54) is 0 Å². The zero-order chi connectivity index (χ0) is 16.8. The van der Waals surface area contributed by atoms with Crippen LogP contribution in [0.3, 0.4) is 0 Å². The van der Waals surface area contributed by atoms with E-state index in [4.69, 9.17) is 4.52 Å². The van der Waals surface area contributed by atoms with Gasteiger partial charge >= 0.3 is 6.18 Å². The van der Waals surface area contributed by atoms with Gasteiger partial charge in [-0.2, -0.15) is 13.2 Å². The van der Waals surface area contributed by atoms with Gasteiger partial charge in [0.25, 0.3) is 0 Å². The normalized spacial score (nSPS) is 14.0. The van der Waals surface area contributed by atoms with Crippen LogP contribution in [0.4, 0.5) is 13.2 Å². The highest BCUT2D eigenvalue weighted by atomic mass is 19.4. The summed E-state index contributed by atoms with van der Waals surface area (Å²) in [7, 11) is 0. The summed E-state index contributed by atoms with van der Waals surface area (Å²) >= 11 is 0. The number of rotatable bonds is 6. The Morgan fingerprint density at radius 2 is 2.00 bits per heavy atom. The number of aliphatic imine (C=N–C) groups is 1. The largest absolute Gasteiger partial charge is 0.390 e. The van der Waals surface area contributed by atoms with Gasteiger partial charge in [0.1, 0.15) is 5.76 Å². The summed E-state index contributed by atoms with van der Waals surface area (Å²) in [6.07, 6.45) is -5.06. The first-order valence-electron chi connectivity index (χ1n) is 7.26. The Kier molecular flexibility index (Phi) is 6.70. The maximum atomic E-state index is 12.2. The Morgan fingerprint density at radius 1 is 1.32 bits per heavy atom. The lowest BCUT2D eigenvalue weighted by Crippen LogP contribution is -2.39. The monoisotopic (exact) mass is 320 g/mol. The van der Waals surface area contributed by atoms with Crippen molar-refractivity contribution in [3.63, 3.8) is 0 Å². The van der Waals surface area contributed by atoms with Crippen LogP contribution < -0.4 is 10.6 Å². The minimum absolute atomic E-state index is 0.0734. The van der Waals surface area contributed by atoms with Crippen molar-refractivity contribution in [2.75, 3.05) is 19.6 Å². The van der Waals surface area contributed by atoms with Crippen molar-refractivity contribution in [1.29, 1.82) is 0 Å². The van der Waals surface area contributed by atoms with Crippen molar-refractivity contribution in [3.8, 4) is 0 Å². The van der Waals surface area contributed by atoms with E-state index < -0.39 is 12.6 Å². The quantitative estimate of drug-likeness (QED) is 0.625. The Hall–Kier alpha value is -1.73. The minimum atomic E-state index is -4.17. The number of halogens is 3. The minimum Gasteiger partial charge on any atom is -0.361 e. The molecule has 1 atom stereocenters. The highest BCUT2D eigenvalue weighted by Crippen LogP contribution is 2.23. The van der Waals surface area contributed by atoms with Crippen molar-refractivity contribution in [2.45, 2.75) is 46.2 Å². The third-order valence-corrected chi connectivity index (χ3v) is 3.15. The number of alkyl halides is 3. The number of hydrogen-bond donors (Lipinski definition) is 2. The molecule has 1 aromatic rings. The van der Waals surface area contributed by atoms with Crippen LogP contribution in [0.25, 0.3) is 0 Å². The van der Waals surface area contributed by atoms with Gasteiger partial charge in [0.15, 0.2) is 5.96 Å². The van der Waals surface area contributed by atoms with Crippen LogP contribution in [0, 0.1) is 13.8 Å². The molecule has 1 aromatic heterocycles. The molecule has 0 amide bonds.